The lowest BCUT2D eigenvalue weighted by molar-refractivity contribution is -0.287. The van der Waals surface area contributed by atoms with Crippen LogP contribution in [0.4, 0.5) is 43.8 Å². The van der Waals surface area contributed by atoms with E-state index in [0.29, 0.717) is 101 Å². The molecule has 4 N–H and O–H groups in total. The van der Waals surface area contributed by atoms with Gasteiger partial charge in [0.1, 0.15) is 28.2 Å². The number of nitrogens with one attached hydrogen (secondary N) is 4. The highest BCUT2D eigenvalue weighted by atomic mass is 127. The summed E-state index contributed by atoms with van der Waals surface area (Å²) in [6.07, 6.45) is -2.70. The maximum absolute atomic E-state index is 13.3. The predicted molar refractivity (Wildman–Crippen MR) is 430 cm³/mol. The summed E-state index contributed by atoms with van der Waals surface area (Å²) in [5, 5.41) is 8.76. The summed E-state index contributed by atoms with van der Waals surface area (Å²) in [5.41, 5.74) is 3.99. The number of ether oxygens (including phenoxy) is 8. The molecule has 7 aliphatic rings. The molecule has 0 spiro atoms. The third-order valence-corrected chi connectivity index (χ3v) is 19.0. The number of fused-ring (bicyclic) bond motifs is 3. The fraction of sp³-hybridized carbons (Fsp3) is 0.346. The van der Waals surface area contributed by atoms with Gasteiger partial charge in [-0.3, -0.25) is 19.2 Å². The Labute approximate surface area is 685 Å². The predicted octanol–water partition coefficient (Wildman–Crippen LogP) is 17.9. The zero-order chi connectivity index (χ0) is 82.9. The van der Waals surface area contributed by atoms with Crippen LogP contribution < -0.4 is 64.9 Å². The molecular weight excluding hydrogens is 1710 g/mol. The number of aromatic amines is 1. The van der Waals surface area contributed by atoms with Gasteiger partial charge in [0.25, 0.3) is 0 Å². The fourth-order valence-electron chi connectivity index (χ4n) is 12.2. The summed E-state index contributed by atoms with van der Waals surface area (Å²) in [6, 6.07) is 34.3. The van der Waals surface area contributed by atoms with Gasteiger partial charge in [0.2, 0.25) is 35.0 Å². The highest BCUT2D eigenvalue weighted by Gasteiger charge is 2.57. The van der Waals surface area contributed by atoms with E-state index in [9.17, 15) is 45.5 Å². The lowest BCUT2D eigenvalue weighted by atomic mass is 9.80. The van der Waals surface area contributed by atoms with E-state index >= 15 is 0 Å². The number of halogens is 11. The van der Waals surface area contributed by atoms with Crippen molar-refractivity contribution in [1.82, 2.24) is 29.9 Å². The minimum absolute atomic E-state index is 0.0444. The summed E-state index contributed by atoms with van der Waals surface area (Å²) < 4.78 is 128. The van der Waals surface area contributed by atoms with Crippen molar-refractivity contribution in [2.24, 2.45) is 0 Å². The Kier molecular flexibility index (Phi) is 25.3. The van der Waals surface area contributed by atoms with Crippen LogP contribution in [0.25, 0.3) is 22.5 Å². The van der Waals surface area contributed by atoms with Gasteiger partial charge in [-0.25, -0.2) is 24.9 Å². The van der Waals surface area contributed by atoms with Gasteiger partial charge in [-0.15, -0.1) is 48.1 Å². The minimum atomic E-state index is -3.71. The van der Waals surface area contributed by atoms with Crippen LogP contribution in [-0.2, 0) is 39.9 Å². The third-order valence-electron chi connectivity index (χ3n) is 18.8. The molecule has 10 heterocycles. The minimum Gasteiger partial charge on any atom is -0.481 e. The molecule has 0 radical (unpaired) electrons. The highest BCUT2D eigenvalue weighted by molar-refractivity contribution is 14.1. The fourth-order valence-corrected chi connectivity index (χ4v) is 12.4. The second kappa shape index (κ2) is 33.6. The molecule has 4 aliphatic heterocycles. The molecule has 114 heavy (non-hydrogen) atoms. The number of rotatable bonds is 14. The van der Waals surface area contributed by atoms with Gasteiger partial charge < -0.3 is 68.1 Å². The first-order valence-corrected chi connectivity index (χ1v) is 43.6. The van der Waals surface area contributed by atoms with Crippen LogP contribution >= 0.6 is 68.2 Å². The van der Waals surface area contributed by atoms with Gasteiger partial charge >= 0.3 is 26.0 Å². The van der Waals surface area contributed by atoms with Gasteiger partial charge in [-0.2, -0.15) is 0 Å². The van der Waals surface area contributed by atoms with Gasteiger partial charge in [0, 0.05) is 47.9 Å². The average Bonchev–Trinajstić information content (AvgIpc) is 1.57. The molecule has 0 unspecified atom stereocenters. The number of aromatic nitrogens is 6. The number of nitrogens with zero attached hydrogens (tertiary/aromatic N) is 5. The molecule has 3 aromatic carbocycles. The molecule has 23 nitrogen and oxygen atoms in total. The molecule has 602 valence electrons. The van der Waals surface area contributed by atoms with Gasteiger partial charge in [-0.05, 0) is 217 Å². The first-order valence-electron chi connectivity index (χ1n) is 35.3. The summed E-state index contributed by atoms with van der Waals surface area (Å²) >= 11 is 22.8. The van der Waals surface area contributed by atoms with Crippen LogP contribution in [0.2, 0.25) is 24.8 Å². The van der Waals surface area contributed by atoms with Crippen LogP contribution in [0, 0.1) is 20.8 Å². The third kappa shape index (κ3) is 21.3. The molecule has 0 atom stereocenters. The van der Waals surface area contributed by atoms with Crippen molar-refractivity contribution >= 4 is 122 Å². The number of anilines is 3. The zero-order valence-electron chi connectivity index (χ0n) is 63.4. The van der Waals surface area contributed by atoms with Crippen molar-refractivity contribution in [2.75, 3.05) is 30.2 Å². The zero-order valence-corrected chi connectivity index (χ0v) is 69.5. The first-order chi connectivity index (χ1) is 53.4. The normalized spacial score (nSPS) is 17.6. The van der Waals surface area contributed by atoms with E-state index in [-0.39, 0.29) is 81.3 Å². The van der Waals surface area contributed by atoms with Crippen LogP contribution in [0.5, 0.6) is 46.3 Å². The summed E-state index contributed by atoms with van der Waals surface area (Å²) in [7, 11) is 2.77. The van der Waals surface area contributed by atoms with Gasteiger partial charge in [0.15, 0.2) is 38.8 Å². The largest absolute Gasteiger partial charge is 0.586 e. The number of amides is 3. The monoisotopic (exact) mass is 1780 g/mol. The lowest BCUT2D eigenvalue weighted by Crippen LogP contribution is -2.41. The molecule has 0 bridgehead atoms. The van der Waals surface area contributed by atoms with E-state index in [2.05, 4.69) is 116 Å². The molecule has 16 rings (SSSR count). The van der Waals surface area contributed by atoms with E-state index in [0.717, 1.165) is 27.7 Å². The molecule has 4 fully saturated rings. The number of carbonyl (C=O) groups excluding carboxylic acids is 3. The Balaban J connectivity index is 0.000000147. The van der Waals surface area contributed by atoms with E-state index in [4.69, 9.17) is 65.2 Å². The van der Waals surface area contributed by atoms with E-state index < -0.39 is 45.0 Å². The lowest BCUT2D eigenvalue weighted by Gasteiger charge is -2.32. The van der Waals surface area contributed by atoms with Crippen LogP contribution in [0.15, 0.2) is 151 Å². The number of pyridine rings is 6. The van der Waals surface area contributed by atoms with E-state index in [1.54, 1.807) is 80.2 Å². The van der Waals surface area contributed by atoms with Crippen molar-refractivity contribution in [3.05, 3.63) is 195 Å². The second-order valence-corrected chi connectivity index (χ2v) is 45.6. The highest BCUT2D eigenvalue weighted by Crippen LogP contribution is 2.56. The average molecular weight is 1790 g/mol. The number of hydrogen-bond acceptors (Lipinski definition) is 19. The second-order valence-electron chi connectivity index (χ2n) is 29.3. The molecule has 9 aromatic rings. The van der Waals surface area contributed by atoms with Crippen LogP contribution in [0.1, 0.15) is 99.6 Å². The summed E-state index contributed by atoms with van der Waals surface area (Å²) in [5.74, 6) is 0.947. The van der Waals surface area contributed by atoms with Crippen molar-refractivity contribution < 1.29 is 87.9 Å². The Morgan fingerprint density at radius 2 is 0.842 bits per heavy atom. The Bertz CT molecular complexity index is 5140. The standard InChI is InChI=1S/C23H19F2N3O4.C22H17F2N3O4.C17H13ClF2N2O3.C12H18BNO3.C3H9ISi.CHCl3/c1-13-9-16(14-5-8-26-20(11-14)30-2)27-19(10-13)28-21(29)22(6-7-22)15-3-4-17-18(12-15)32-23(24,25)31-17;1-12-8-15(13-4-7-25-19(28)10-13)26-18(9-12)27-20(29)21(5-6-21)14-2-3-16-17(11-14)31-22(23,24)30-16;1-9-6-13(18)21-14(7-9)22-15(23)16(4-5-16)10-2-3-11-12(8-10)25-17(19,20)24-11;1-11(2)12(3,4)17-13(16-11)9-6-7-14-10(8-9)15-5;1-5(2,3)4;2-1(3)4/h3-5,8-12H,6-7H2,1-2H3,(H,27,28,29);2-4,7-11H,5-6H2,1H3,(H,25,28)(H,26,27,29);2-3,6-8H,4-5H2,1H3,(H,21,22,23);6-8H,1-5H3;1-3H3;1H. The Morgan fingerprint density at radius 3 is 1.20 bits per heavy atom. The Hall–Kier alpha value is -9.16. The maximum Gasteiger partial charge on any atom is 0.586 e. The number of H-pyrrole nitrogens is 1. The number of hydrogen-bond donors (Lipinski definition) is 4. The molecule has 1 saturated heterocycles. The smallest absolute Gasteiger partial charge is 0.481 e. The van der Waals surface area contributed by atoms with Gasteiger partial charge in [0.05, 0.1) is 53.1 Å². The van der Waals surface area contributed by atoms with Crippen molar-refractivity contribution in [2.45, 2.75) is 157 Å². The molecule has 6 aromatic heterocycles. The number of methoxy groups -OCH3 is 2. The quantitative estimate of drug-likeness (QED) is 0.0197. The summed E-state index contributed by atoms with van der Waals surface area (Å²) in [4.78, 5) is 74.5. The van der Waals surface area contributed by atoms with Crippen molar-refractivity contribution in [3.63, 3.8) is 0 Å². The number of benzene rings is 3. The van der Waals surface area contributed by atoms with E-state index in [1.807, 2.05) is 72.7 Å². The molecule has 36 heteroatoms. The first kappa shape index (κ1) is 85.7. The van der Waals surface area contributed by atoms with Crippen LogP contribution in [0.3, 0.4) is 0 Å². The molecular formula is C78H77BCl4F6IN9O14Si. The van der Waals surface area contributed by atoms with Crippen molar-refractivity contribution in [1.29, 1.82) is 0 Å². The number of aryl methyl sites for hydroxylation is 3. The van der Waals surface area contributed by atoms with Crippen molar-refractivity contribution in [3.8, 4) is 68.8 Å². The van der Waals surface area contributed by atoms with E-state index in [1.165, 1.54) is 55.8 Å². The molecule has 3 aliphatic carbocycles. The van der Waals surface area contributed by atoms with Gasteiger partial charge in [-0.1, -0.05) is 84.2 Å². The number of carbonyl (C=O) groups is 3. The number of alkyl halides is 9. The molecule has 3 amide bonds. The Morgan fingerprint density at radius 1 is 0.500 bits per heavy atom. The topological polar surface area (TPSA) is 277 Å². The SMILES string of the molecule is COc1cc(-c2cc(C)cc(NC(=O)C3(c4ccc5c(c4)OC(F)(F)O5)CC3)n2)ccn1.COc1cc(B2OC(C)(C)C(C)(C)O2)ccn1.C[Si](C)(C)I.Cc1cc(Cl)nc(NC(=O)C2(c3ccc4c(c3)OC(F)(F)O4)CC2)c1.Cc1cc(NC(=O)C2(c3ccc4c(c3)OC(F)(F)O4)CC2)nc(-c2cc[nH]c(=O)c2)c1.ClC(Cl)Cl. The van der Waals surface area contributed by atoms with Crippen LogP contribution in [-0.4, -0.2) is 109 Å². The summed E-state index contributed by atoms with van der Waals surface area (Å²) in [6.45, 7) is 20.7. The molecule has 3 saturated carbocycles. The maximum atomic E-state index is 13.3.